The van der Waals surface area contributed by atoms with Crippen LogP contribution in [0.15, 0.2) is 73.1 Å². The summed E-state index contributed by atoms with van der Waals surface area (Å²) in [6.07, 6.45) is -1.83. The molecule has 3 aromatic heterocycles. The van der Waals surface area contributed by atoms with E-state index >= 15 is 0 Å². The fourth-order valence-electron chi connectivity index (χ4n) is 3.87. The minimum atomic E-state index is -4.72. The summed E-state index contributed by atoms with van der Waals surface area (Å²) in [7, 11) is 0. The number of hydrogen-bond donors (Lipinski definition) is 1. The second-order valence-electron chi connectivity index (χ2n) is 9.05. The largest absolute Gasteiger partial charge is 0.471 e. The molecule has 200 valence electrons. The molecule has 0 spiro atoms. The number of aromatic nitrogens is 5. The molecule has 3 heterocycles. The first-order valence-electron chi connectivity index (χ1n) is 11.9. The topological polar surface area (TPSA) is 86.3 Å². The highest BCUT2D eigenvalue weighted by molar-refractivity contribution is 6.30. The molecule has 0 aliphatic heterocycles. The summed E-state index contributed by atoms with van der Waals surface area (Å²) in [4.78, 5) is 17.2. The quantitative estimate of drug-likeness (QED) is 0.243. The number of fused-ring (bicyclic) bond motifs is 1. The number of alkyl halides is 3. The van der Waals surface area contributed by atoms with E-state index in [0.717, 1.165) is 11.6 Å². The first-order chi connectivity index (χ1) is 18.6. The number of carbonyl (C=O) groups is 1. The van der Waals surface area contributed by atoms with Crippen LogP contribution in [0.3, 0.4) is 0 Å². The van der Waals surface area contributed by atoms with E-state index in [9.17, 15) is 18.0 Å². The van der Waals surface area contributed by atoms with Crippen LogP contribution in [0.5, 0.6) is 5.75 Å². The number of carbonyl (C=O) groups excluding carboxylic acids is 1. The summed E-state index contributed by atoms with van der Waals surface area (Å²) in [5.41, 5.74) is 0.623. The molecule has 39 heavy (non-hydrogen) atoms. The van der Waals surface area contributed by atoms with Crippen LogP contribution in [0.1, 0.15) is 41.5 Å². The highest BCUT2D eigenvalue weighted by Crippen LogP contribution is 2.33. The van der Waals surface area contributed by atoms with Crippen LogP contribution < -0.4 is 10.1 Å². The standard InChI is InChI=1S/C27H22ClF3N6O2/c1-16(2)17-6-8-18(9-7-17)22-11-24(27(29,30)31)37-25(34-22)12-23(35-37)26(38)33-20-13-32-36(14-20)15-39-21-5-3-4-19(28)10-21/h3-14,16H,15H2,1-2H3,(H,33,38). The van der Waals surface area contributed by atoms with Crippen molar-refractivity contribution < 1.29 is 22.7 Å². The van der Waals surface area contributed by atoms with Crippen LogP contribution in [0.25, 0.3) is 16.9 Å². The molecule has 1 N–H and O–H groups in total. The molecule has 0 aliphatic rings. The van der Waals surface area contributed by atoms with Gasteiger partial charge in [0.05, 0.1) is 23.8 Å². The summed E-state index contributed by atoms with van der Waals surface area (Å²) >= 11 is 5.94. The van der Waals surface area contributed by atoms with Gasteiger partial charge in [-0.1, -0.05) is 55.8 Å². The minimum Gasteiger partial charge on any atom is -0.471 e. The molecule has 0 atom stereocenters. The lowest BCUT2D eigenvalue weighted by molar-refractivity contribution is -0.142. The number of rotatable bonds is 7. The summed E-state index contributed by atoms with van der Waals surface area (Å²) in [6, 6.07) is 16.1. The molecular formula is C27H22ClF3N6O2. The van der Waals surface area contributed by atoms with Gasteiger partial charge in [0.15, 0.2) is 23.8 Å². The van der Waals surface area contributed by atoms with Gasteiger partial charge >= 0.3 is 6.18 Å². The van der Waals surface area contributed by atoms with Crippen LogP contribution in [0.2, 0.25) is 5.02 Å². The first kappa shape index (κ1) is 26.2. The van der Waals surface area contributed by atoms with Crippen molar-refractivity contribution in [2.24, 2.45) is 0 Å². The predicted octanol–water partition coefficient (Wildman–Crippen LogP) is 6.68. The van der Waals surface area contributed by atoms with Gasteiger partial charge in [-0.15, -0.1) is 0 Å². The van der Waals surface area contributed by atoms with E-state index in [1.165, 1.54) is 23.1 Å². The number of hydrogen-bond acceptors (Lipinski definition) is 5. The van der Waals surface area contributed by atoms with E-state index < -0.39 is 17.8 Å². The zero-order valence-electron chi connectivity index (χ0n) is 20.8. The van der Waals surface area contributed by atoms with Gasteiger partial charge in [0, 0.05) is 16.7 Å². The molecule has 8 nitrogen and oxygen atoms in total. The molecule has 0 unspecified atom stereocenters. The Morgan fingerprint density at radius 3 is 2.56 bits per heavy atom. The molecular weight excluding hydrogens is 533 g/mol. The van der Waals surface area contributed by atoms with Crippen LogP contribution in [-0.2, 0) is 12.9 Å². The van der Waals surface area contributed by atoms with Gasteiger partial charge in [0.25, 0.3) is 5.91 Å². The maximum atomic E-state index is 13.9. The number of nitrogens with one attached hydrogen (secondary N) is 1. The summed E-state index contributed by atoms with van der Waals surface area (Å²) in [6.45, 7) is 4.10. The highest BCUT2D eigenvalue weighted by Gasteiger charge is 2.35. The fraction of sp³-hybridized carbons (Fsp3) is 0.185. The van der Waals surface area contributed by atoms with Gasteiger partial charge in [0.2, 0.25) is 0 Å². The van der Waals surface area contributed by atoms with Crippen molar-refractivity contribution >= 4 is 28.8 Å². The fourth-order valence-corrected chi connectivity index (χ4v) is 4.05. The lowest BCUT2D eigenvalue weighted by atomic mass is 10.0. The van der Waals surface area contributed by atoms with Crippen LogP contribution >= 0.6 is 11.6 Å². The van der Waals surface area contributed by atoms with Crippen molar-refractivity contribution in [3.8, 4) is 17.0 Å². The average Bonchev–Trinajstić information content (AvgIpc) is 3.53. The van der Waals surface area contributed by atoms with Gasteiger partial charge in [-0.05, 0) is 35.7 Å². The molecule has 0 fully saturated rings. The van der Waals surface area contributed by atoms with E-state index in [1.807, 2.05) is 26.0 Å². The molecule has 2 aromatic carbocycles. The van der Waals surface area contributed by atoms with E-state index in [4.69, 9.17) is 16.3 Å². The summed E-state index contributed by atoms with van der Waals surface area (Å²) < 4.78 is 49.5. The van der Waals surface area contributed by atoms with Crippen molar-refractivity contribution in [3.63, 3.8) is 0 Å². The van der Waals surface area contributed by atoms with Gasteiger partial charge in [-0.3, -0.25) is 4.79 Å². The number of benzene rings is 2. The van der Waals surface area contributed by atoms with Crippen molar-refractivity contribution in [2.75, 3.05) is 5.32 Å². The number of nitrogens with zero attached hydrogens (tertiary/aromatic N) is 5. The van der Waals surface area contributed by atoms with E-state index in [2.05, 4.69) is 20.5 Å². The normalized spacial score (nSPS) is 11.8. The molecule has 0 bridgehead atoms. The molecule has 12 heteroatoms. The van der Waals surface area contributed by atoms with Gasteiger partial charge in [0.1, 0.15) is 5.75 Å². The lowest BCUT2D eigenvalue weighted by Crippen LogP contribution is -2.15. The van der Waals surface area contributed by atoms with Gasteiger partial charge in [-0.2, -0.15) is 23.4 Å². The third kappa shape index (κ3) is 5.88. The maximum absolute atomic E-state index is 13.9. The van der Waals surface area contributed by atoms with E-state index in [-0.39, 0.29) is 29.7 Å². The highest BCUT2D eigenvalue weighted by atomic mass is 35.5. The molecule has 0 aliphatic carbocycles. The zero-order valence-corrected chi connectivity index (χ0v) is 21.5. The van der Waals surface area contributed by atoms with Crippen LogP contribution in [-0.4, -0.2) is 30.3 Å². The second kappa shape index (κ2) is 10.4. The number of ether oxygens (including phenoxy) is 1. The lowest BCUT2D eigenvalue weighted by Gasteiger charge is -2.11. The van der Waals surface area contributed by atoms with Crippen molar-refractivity contribution in [1.82, 2.24) is 24.4 Å². The van der Waals surface area contributed by atoms with E-state index in [1.54, 1.807) is 36.4 Å². The molecule has 1 amide bonds. The van der Waals surface area contributed by atoms with Gasteiger partial charge in [-0.25, -0.2) is 14.2 Å². The SMILES string of the molecule is CC(C)c1ccc(-c2cc(C(F)(F)F)n3nc(C(=O)Nc4cnn(COc5cccc(Cl)c5)c4)cc3n2)cc1. The Balaban J connectivity index is 1.37. The molecule has 5 aromatic rings. The Labute approximate surface area is 226 Å². The minimum absolute atomic E-state index is 0.0460. The predicted molar refractivity (Wildman–Crippen MR) is 140 cm³/mol. The molecule has 5 rings (SSSR count). The third-order valence-electron chi connectivity index (χ3n) is 5.87. The third-order valence-corrected chi connectivity index (χ3v) is 6.11. The number of halogens is 4. The first-order valence-corrected chi connectivity index (χ1v) is 12.2. The second-order valence-corrected chi connectivity index (χ2v) is 9.49. The van der Waals surface area contributed by atoms with Crippen LogP contribution in [0.4, 0.5) is 18.9 Å². The smallest absolute Gasteiger partial charge is 0.433 e. The summed E-state index contributed by atoms with van der Waals surface area (Å²) in [5.74, 6) is 0.0991. The number of anilines is 1. The average molecular weight is 555 g/mol. The Kier molecular flexibility index (Phi) is 7.00. The van der Waals surface area contributed by atoms with Gasteiger partial charge < -0.3 is 10.1 Å². The molecule has 0 saturated heterocycles. The van der Waals surface area contributed by atoms with Crippen molar-refractivity contribution in [3.05, 3.63) is 95.0 Å². The number of amides is 1. The Morgan fingerprint density at radius 1 is 1.10 bits per heavy atom. The zero-order chi connectivity index (χ0) is 27.7. The van der Waals surface area contributed by atoms with Crippen LogP contribution in [0, 0.1) is 0 Å². The Morgan fingerprint density at radius 2 is 1.87 bits per heavy atom. The summed E-state index contributed by atoms with van der Waals surface area (Å²) in [5, 5.41) is 11.1. The molecule has 0 saturated carbocycles. The van der Waals surface area contributed by atoms with Crippen molar-refractivity contribution in [2.45, 2.75) is 32.7 Å². The maximum Gasteiger partial charge on any atom is 0.433 e. The Hall–Kier alpha value is -4.38. The van der Waals surface area contributed by atoms with E-state index in [0.29, 0.717) is 26.5 Å². The molecule has 0 radical (unpaired) electrons. The monoisotopic (exact) mass is 554 g/mol. The van der Waals surface area contributed by atoms with Crippen molar-refractivity contribution in [1.29, 1.82) is 0 Å². The Bertz CT molecular complexity index is 1640.